The van der Waals surface area contributed by atoms with E-state index in [0.29, 0.717) is 23.4 Å². The summed E-state index contributed by atoms with van der Waals surface area (Å²) in [5.74, 6) is -0.444. The van der Waals surface area contributed by atoms with E-state index < -0.39 is 0 Å². The molecule has 3 N–H and O–H groups in total. The van der Waals surface area contributed by atoms with Gasteiger partial charge in [0.1, 0.15) is 0 Å². The highest BCUT2D eigenvalue weighted by Crippen LogP contribution is 2.16. The predicted molar refractivity (Wildman–Crippen MR) is 104 cm³/mol. The van der Waals surface area contributed by atoms with E-state index in [0.717, 1.165) is 6.54 Å². The number of anilines is 1. The first-order chi connectivity index (χ1) is 11.6. The van der Waals surface area contributed by atoms with Crippen molar-refractivity contribution in [3.05, 3.63) is 65.7 Å². The van der Waals surface area contributed by atoms with Crippen LogP contribution in [0.25, 0.3) is 0 Å². The molecule has 0 bridgehead atoms. The van der Waals surface area contributed by atoms with Gasteiger partial charge in [-0.15, -0.1) is 12.4 Å². The summed E-state index contributed by atoms with van der Waals surface area (Å²) in [5.41, 5.74) is 1.50. The Kier molecular flexibility index (Phi) is 8.67. The summed E-state index contributed by atoms with van der Waals surface area (Å²) < 4.78 is 0. The Balaban J connectivity index is 0.00000312. The highest BCUT2D eigenvalue weighted by Gasteiger charge is 2.14. The molecule has 134 valence electrons. The van der Waals surface area contributed by atoms with E-state index in [-0.39, 0.29) is 30.3 Å². The van der Waals surface area contributed by atoms with Gasteiger partial charge in [-0.25, -0.2) is 0 Å². The first-order valence-electron chi connectivity index (χ1n) is 8.08. The molecule has 0 saturated carbocycles. The summed E-state index contributed by atoms with van der Waals surface area (Å²) in [6, 6.07) is 16.1. The number of rotatable bonds is 7. The van der Waals surface area contributed by atoms with E-state index in [9.17, 15) is 9.59 Å². The van der Waals surface area contributed by atoms with Crippen LogP contribution in [0.5, 0.6) is 0 Å². The molecule has 0 spiro atoms. The fourth-order valence-corrected chi connectivity index (χ4v) is 2.34. The summed E-state index contributed by atoms with van der Waals surface area (Å²) in [7, 11) is 0. The molecule has 0 unspecified atom stereocenters. The van der Waals surface area contributed by atoms with Crippen LogP contribution in [0.15, 0.2) is 54.6 Å². The second-order valence-electron chi connectivity index (χ2n) is 5.53. The third-order valence-corrected chi connectivity index (χ3v) is 3.58. The Morgan fingerprint density at radius 1 is 0.960 bits per heavy atom. The van der Waals surface area contributed by atoms with Gasteiger partial charge in [-0.2, -0.15) is 0 Å². The summed E-state index contributed by atoms with van der Waals surface area (Å²) in [5, 5.41) is 8.93. The number of carbonyl (C=O) groups excluding carboxylic acids is 2. The van der Waals surface area contributed by atoms with Crippen LogP contribution in [-0.2, 0) is 0 Å². The number of carbonyl (C=O) groups is 2. The maximum Gasteiger partial charge on any atom is 0.255 e. The molecule has 0 heterocycles. The van der Waals surface area contributed by atoms with Crippen molar-refractivity contribution in [1.29, 1.82) is 0 Å². The molecule has 2 aromatic carbocycles. The number of hydrogen-bond donors (Lipinski definition) is 3. The van der Waals surface area contributed by atoms with E-state index in [1.807, 2.05) is 19.9 Å². The highest BCUT2D eigenvalue weighted by molar-refractivity contribution is 6.08. The van der Waals surface area contributed by atoms with Gasteiger partial charge in [-0.3, -0.25) is 9.59 Å². The first kappa shape index (κ1) is 20.7. The highest BCUT2D eigenvalue weighted by atomic mass is 35.5. The quantitative estimate of drug-likeness (QED) is 0.709. The number of benzene rings is 2. The molecule has 2 aromatic rings. The molecule has 0 aliphatic carbocycles. The van der Waals surface area contributed by atoms with Crippen LogP contribution in [0.3, 0.4) is 0 Å². The molecular formula is C19H24ClN3O2. The van der Waals surface area contributed by atoms with E-state index >= 15 is 0 Å². The van der Waals surface area contributed by atoms with Crippen molar-refractivity contribution < 1.29 is 9.59 Å². The molecule has 6 heteroatoms. The lowest BCUT2D eigenvalue weighted by atomic mass is 10.1. The topological polar surface area (TPSA) is 70.2 Å². The van der Waals surface area contributed by atoms with Gasteiger partial charge in [0.25, 0.3) is 11.8 Å². The Morgan fingerprint density at radius 3 is 2.28 bits per heavy atom. The lowest BCUT2D eigenvalue weighted by Gasteiger charge is -2.15. The summed E-state index contributed by atoms with van der Waals surface area (Å²) >= 11 is 0. The van der Waals surface area contributed by atoms with Gasteiger partial charge in [0.05, 0.1) is 11.3 Å². The van der Waals surface area contributed by atoms with Gasteiger partial charge in [0.15, 0.2) is 0 Å². The Labute approximate surface area is 154 Å². The second kappa shape index (κ2) is 10.5. The Hall–Kier alpha value is -2.37. The zero-order valence-electron chi connectivity index (χ0n) is 14.4. The fraction of sp³-hybridized carbons (Fsp3) is 0.263. The van der Waals surface area contributed by atoms with Crippen LogP contribution in [0.1, 0.15) is 34.6 Å². The van der Waals surface area contributed by atoms with Crippen LogP contribution in [-0.4, -0.2) is 30.9 Å². The third-order valence-electron chi connectivity index (χ3n) is 3.58. The molecule has 2 rings (SSSR count). The van der Waals surface area contributed by atoms with Gasteiger partial charge < -0.3 is 16.0 Å². The average molecular weight is 362 g/mol. The Morgan fingerprint density at radius 2 is 1.60 bits per heavy atom. The van der Waals surface area contributed by atoms with Gasteiger partial charge in [-0.05, 0) is 37.7 Å². The van der Waals surface area contributed by atoms with Crippen LogP contribution in [0.2, 0.25) is 0 Å². The van der Waals surface area contributed by atoms with E-state index in [1.54, 1.807) is 48.5 Å². The monoisotopic (exact) mass is 361 g/mol. The largest absolute Gasteiger partial charge is 0.350 e. The molecular weight excluding hydrogens is 338 g/mol. The minimum absolute atomic E-state index is 0. The third kappa shape index (κ3) is 6.21. The van der Waals surface area contributed by atoms with Gasteiger partial charge in [0, 0.05) is 18.2 Å². The van der Waals surface area contributed by atoms with Crippen molar-refractivity contribution in [1.82, 2.24) is 10.6 Å². The maximum absolute atomic E-state index is 12.4. The van der Waals surface area contributed by atoms with Crippen molar-refractivity contribution in [2.75, 3.05) is 18.4 Å². The summed E-state index contributed by atoms with van der Waals surface area (Å²) in [4.78, 5) is 24.7. The van der Waals surface area contributed by atoms with Crippen molar-refractivity contribution in [3.63, 3.8) is 0 Å². The minimum atomic E-state index is -0.239. The summed E-state index contributed by atoms with van der Waals surface area (Å²) in [6.07, 6.45) is 0. The smallest absolute Gasteiger partial charge is 0.255 e. The molecule has 0 aromatic heterocycles. The molecule has 0 aliphatic rings. The van der Waals surface area contributed by atoms with Gasteiger partial charge in [-0.1, -0.05) is 37.3 Å². The molecule has 2 amide bonds. The van der Waals surface area contributed by atoms with E-state index in [1.165, 1.54) is 0 Å². The molecule has 0 aliphatic heterocycles. The van der Waals surface area contributed by atoms with Gasteiger partial charge in [0.2, 0.25) is 0 Å². The lowest BCUT2D eigenvalue weighted by molar-refractivity contribution is 0.0951. The number of halogens is 1. The van der Waals surface area contributed by atoms with Crippen molar-refractivity contribution in [2.24, 2.45) is 0 Å². The Bertz CT molecular complexity index is 692. The zero-order chi connectivity index (χ0) is 17.4. The molecule has 5 nitrogen and oxygen atoms in total. The van der Waals surface area contributed by atoms with Crippen LogP contribution in [0.4, 0.5) is 5.69 Å². The molecule has 0 radical (unpaired) electrons. The summed E-state index contributed by atoms with van der Waals surface area (Å²) in [6.45, 7) is 5.40. The number of likely N-dealkylation sites (N-methyl/N-ethyl adjacent to an activating group) is 1. The SMILES string of the molecule is CCN[C@H](C)CNC(=O)c1ccccc1NC(=O)c1ccccc1.Cl. The molecule has 25 heavy (non-hydrogen) atoms. The minimum Gasteiger partial charge on any atom is -0.350 e. The predicted octanol–water partition coefficient (Wildman–Crippen LogP) is 3.09. The lowest BCUT2D eigenvalue weighted by Crippen LogP contribution is -2.39. The van der Waals surface area contributed by atoms with Crippen molar-refractivity contribution in [3.8, 4) is 0 Å². The van der Waals surface area contributed by atoms with Crippen molar-refractivity contribution >= 4 is 29.9 Å². The molecule has 1 atom stereocenters. The second-order valence-corrected chi connectivity index (χ2v) is 5.53. The fourth-order valence-electron chi connectivity index (χ4n) is 2.34. The first-order valence-corrected chi connectivity index (χ1v) is 8.08. The molecule has 0 saturated heterocycles. The average Bonchev–Trinajstić information content (AvgIpc) is 2.61. The normalized spacial score (nSPS) is 11.1. The molecule has 0 fully saturated rings. The standard InChI is InChI=1S/C19H23N3O2.ClH/c1-3-20-14(2)13-21-19(24)16-11-7-8-12-17(16)22-18(23)15-9-5-4-6-10-15;/h4-12,14,20H,3,13H2,1-2H3,(H,21,24)(H,22,23);1H/t14-;/m1./s1. The van der Waals surface area contributed by atoms with E-state index in [2.05, 4.69) is 16.0 Å². The van der Waals surface area contributed by atoms with Gasteiger partial charge >= 0.3 is 0 Å². The number of para-hydroxylation sites is 1. The maximum atomic E-state index is 12.4. The van der Waals surface area contributed by atoms with Crippen LogP contribution < -0.4 is 16.0 Å². The van der Waals surface area contributed by atoms with E-state index in [4.69, 9.17) is 0 Å². The zero-order valence-corrected chi connectivity index (χ0v) is 15.2. The number of nitrogens with one attached hydrogen (secondary N) is 3. The van der Waals surface area contributed by atoms with Crippen LogP contribution >= 0.6 is 12.4 Å². The van der Waals surface area contributed by atoms with Crippen LogP contribution in [0, 0.1) is 0 Å². The van der Waals surface area contributed by atoms with Crippen molar-refractivity contribution in [2.45, 2.75) is 19.9 Å². The number of amides is 2. The number of hydrogen-bond acceptors (Lipinski definition) is 3.